The van der Waals surface area contributed by atoms with E-state index in [0.717, 1.165) is 10.6 Å². The van der Waals surface area contributed by atoms with E-state index in [9.17, 15) is 9.18 Å². The third kappa shape index (κ3) is 4.24. The quantitative estimate of drug-likeness (QED) is 0.664. The molecule has 2 rings (SSSR count). The van der Waals surface area contributed by atoms with Gasteiger partial charge in [-0.15, -0.1) is 0 Å². The van der Waals surface area contributed by atoms with Crippen LogP contribution in [-0.4, -0.2) is 5.91 Å². The predicted molar refractivity (Wildman–Crippen MR) is 81.1 cm³/mol. The summed E-state index contributed by atoms with van der Waals surface area (Å²) in [5.74, 6) is -0.414. The van der Waals surface area contributed by atoms with Gasteiger partial charge in [0, 0.05) is 16.2 Å². The normalized spacial score (nSPS) is 11.2. The minimum Gasteiger partial charge on any atom is -0.322 e. The molecule has 2 aromatic rings. The van der Waals surface area contributed by atoms with Gasteiger partial charge >= 0.3 is 0 Å². The number of anilines is 1. The van der Waals surface area contributed by atoms with Crippen LogP contribution < -0.4 is 5.32 Å². The van der Waals surface area contributed by atoms with Gasteiger partial charge in [0.05, 0.1) is 0 Å². The van der Waals surface area contributed by atoms with Crippen molar-refractivity contribution in [1.82, 2.24) is 0 Å². The lowest BCUT2D eigenvalue weighted by Crippen LogP contribution is -2.12. The van der Waals surface area contributed by atoms with Crippen LogP contribution in [0.25, 0.3) is 0 Å². The molecule has 0 saturated heterocycles. The highest BCUT2D eigenvalue weighted by molar-refractivity contribution is 8.02. The number of nitrogens with one attached hydrogen (secondary N) is 1. The van der Waals surface area contributed by atoms with Crippen molar-refractivity contribution in [3.8, 4) is 0 Å². The second-order valence-electron chi connectivity index (χ2n) is 4.19. The molecule has 0 fully saturated rings. The Morgan fingerprint density at radius 2 is 1.75 bits per heavy atom. The highest BCUT2D eigenvalue weighted by atomic mass is 32.2. The first kappa shape index (κ1) is 14.3. The van der Waals surface area contributed by atoms with Crippen molar-refractivity contribution in [2.45, 2.75) is 11.8 Å². The Hall–Kier alpha value is -2.07. The molecule has 0 saturated carbocycles. The lowest BCUT2D eigenvalue weighted by Gasteiger charge is -2.05. The first-order valence-corrected chi connectivity index (χ1v) is 6.98. The van der Waals surface area contributed by atoms with E-state index >= 15 is 0 Å². The number of para-hydroxylation sites is 1. The fourth-order valence-corrected chi connectivity index (χ4v) is 2.19. The topological polar surface area (TPSA) is 29.1 Å². The SMILES string of the molecule is CC(=CSc1ccc(F)cc1)C(=O)Nc1ccccc1. The van der Waals surface area contributed by atoms with Crippen molar-refractivity contribution >= 4 is 23.4 Å². The van der Waals surface area contributed by atoms with Crippen LogP contribution in [0.2, 0.25) is 0 Å². The highest BCUT2D eigenvalue weighted by Gasteiger charge is 2.04. The van der Waals surface area contributed by atoms with Crippen molar-refractivity contribution in [1.29, 1.82) is 0 Å². The van der Waals surface area contributed by atoms with Gasteiger partial charge in [0.25, 0.3) is 5.91 Å². The van der Waals surface area contributed by atoms with Crippen LogP contribution in [0.3, 0.4) is 0 Å². The van der Waals surface area contributed by atoms with Crippen LogP contribution in [0.15, 0.2) is 70.5 Å². The zero-order valence-corrected chi connectivity index (χ0v) is 11.8. The van der Waals surface area contributed by atoms with Crippen LogP contribution >= 0.6 is 11.8 Å². The monoisotopic (exact) mass is 287 g/mol. The summed E-state index contributed by atoms with van der Waals surface area (Å²) in [7, 11) is 0. The maximum atomic E-state index is 12.8. The van der Waals surface area contributed by atoms with E-state index in [1.807, 2.05) is 30.3 Å². The molecule has 0 unspecified atom stereocenters. The standard InChI is InChI=1S/C16H14FNOS/c1-12(11-20-15-9-7-13(17)8-10-15)16(19)18-14-5-3-2-4-6-14/h2-11H,1H3,(H,18,19). The second-order valence-corrected chi connectivity index (χ2v) is 5.14. The number of hydrogen-bond acceptors (Lipinski definition) is 2. The Labute approximate surface area is 121 Å². The Morgan fingerprint density at radius 1 is 1.10 bits per heavy atom. The molecule has 0 aliphatic rings. The molecule has 1 N–H and O–H groups in total. The smallest absolute Gasteiger partial charge is 0.251 e. The minimum absolute atomic E-state index is 0.147. The molecule has 0 heterocycles. The number of carbonyl (C=O) groups excluding carboxylic acids is 1. The average molecular weight is 287 g/mol. The summed E-state index contributed by atoms with van der Waals surface area (Å²) >= 11 is 1.39. The zero-order chi connectivity index (χ0) is 14.4. The van der Waals surface area contributed by atoms with E-state index in [4.69, 9.17) is 0 Å². The molecule has 0 aliphatic carbocycles. The van der Waals surface area contributed by atoms with Crippen LogP contribution in [0.1, 0.15) is 6.92 Å². The van der Waals surface area contributed by atoms with Gasteiger partial charge in [-0.2, -0.15) is 0 Å². The fourth-order valence-electron chi connectivity index (χ4n) is 1.47. The van der Waals surface area contributed by atoms with Gasteiger partial charge < -0.3 is 5.32 Å². The Balaban J connectivity index is 1.96. The summed E-state index contributed by atoms with van der Waals surface area (Å²) in [6.45, 7) is 1.74. The van der Waals surface area contributed by atoms with Gasteiger partial charge in [-0.05, 0) is 48.7 Å². The van der Waals surface area contributed by atoms with Crippen LogP contribution in [0, 0.1) is 5.82 Å². The molecule has 4 heteroatoms. The molecule has 0 atom stereocenters. The van der Waals surface area contributed by atoms with Crippen molar-refractivity contribution in [2.24, 2.45) is 0 Å². The zero-order valence-electron chi connectivity index (χ0n) is 11.0. The van der Waals surface area contributed by atoms with E-state index in [1.165, 1.54) is 23.9 Å². The second kappa shape index (κ2) is 6.91. The number of amides is 1. The van der Waals surface area contributed by atoms with Crippen molar-refractivity contribution in [3.05, 3.63) is 71.4 Å². The maximum Gasteiger partial charge on any atom is 0.251 e. The van der Waals surface area contributed by atoms with Gasteiger partial charge in [-0.3, -0.25) is 4.79 Å². The summed E-state index contributed by atoms with van der Waals surface area (Å²) in [5, 5.41) is 4.56. The Kier molecular flexibility index (Phi) is 4.96. The molecule has 0 aromatic heterocycles. The summed E-state index contributed by atoms with van der Waals surface area (Å²) in [6.07, 6.45) is 0. The number of hydrogen-bond donors (Lipinski definition) is 1. The minimum atomic E-state index is -0.267. The Morgan fingerprint density at radius 3 is 2.40 bits per heavy atom. The largest absolute Gasteiger partial charge is 0.322 e. The summed E-state index contributed by atoms with van der Waals surface area (Å²) in [4.78, 5) is 12.8. The maximum absolute atomic E-state index is 12.8. The van der Waals surface area contributed by atoms with E-state index < -0.39 is 0 Å². The molecule has 0 aliphatic heterocycles. The molecular formula is C16H14FNOS. The number of carbonyl (C=O) groups is 1. The summed E-state index contributed by atoms with van der Waals surface area (Å²) in [6, 6.07) is 15.4. The van der Waals surface area contributed by atoms with Crippen molar-refractivity contribution in [3.63, 3.8) is 0 Å². The first-order chi connectivity index (χ1) is 9.65. The fraction of sp³-hybridized carbons (Fsp3) is 0.0625. The lowest BCUT2D eigenvalue weighted by atomic mass is 10.3. The summed E-state index contributed by atoms with van der Waals surface area (Å²) < 4.78 is 12.8. The molecule has 0 bridgehead atoms. The molecular weight excluding hydrogens is 273 g/mol. The van der Waals surface area contributed by atoms with Crippen LogP contribution in [0.5, 0.6) is 0 Å². The van der Waals surface area contributed by atoms with Crippen LogP contribution in [-0.2, 0) is 4.79 Å². The number of rotatable bonds is 4. The van der Waals surface area contributed by atoms with E-state index in [0.29, 0.717) is 5.57 Å². The molecule has 0 radical (unpaired) electrons. The average Bonchev–Trinajstić information content (AvgIpc) is 2.47. The molecule has 20 heavy (non-hydrogen) atoms. The van der Waals surface area contributed by atoms with E-state index in [2.05, 4.69) is 5.32 Å². The molecule has 102 valence electrons. The third-order valence-electron chi connectivity index (χ3n) is 2.58. The highest BCUT2D eigenvalue weighted by Crippen LogP contribution is 2.21. The van der Waals surface area contributed by atoms with Crippen LogP contribution in [0.4, 0.5) is 10.1 Å². The van der Waals surface area contributed by atoms with Crippen molar-refractivity contribution in [2.75, 3.05) is 5.32 Å². The Bertz CT molecular complexity index is 608. The number of benzene rings is 2. The van der Waals surface area contributed by atoms with Gasteiger partial charge in [-0.1, -0.05) is 30.0 Å². The summed E-state index contributed by atoms with van der Waals surface area (Å²) in [5.41, 5.74) is 1.36. The van der Waals surface area contributed by atoms with Crippen molar-refractivity contribution < 1.29 is 9.18 Å². The van der Waals surface area contributed by atoms with Gasteiger partial charge in [0.15, 0.2) is 0 Å². The van der Waals surface area contributed by atoms with Gasteiger partial charge in [-0.25, -0.2) is 4.39 Å². The number of halogens is 1. The van der Waals surface area contributed by atoms with E-state index in [-0.39, 0.29) is 11.7 Å². The molecule has 2 nitrogen and oxygen atoms in total. The predicted octanol–water partition coefficient (Wildman–Crippen LogP) is 4.46. The first-order valence-electron chi connectivity index (χ1n) is 6.10. The molecule has 0 spiro atoms. The molecule has 2 aromatic carbocycles. The number of thioether (sulfide) groups is 1. The van der Waals surface area contributed by atoms with E-state index in [1.54, 1.807) is 24.5 Å². The third-order valence-corrected chi connectivity index (χ3v) is 3.59. The van der Waals surface area contributed by atoms with Gasteiger partial charge in [0.2, 0.25) is 0 Å². The molecule has 1 amide bonds. The lowest BCUT2D eigenvalue weighted by molar-refractivity contribution is -0.112. The van der Waals surface area contributed by atoms with Gasteiger partial charge in [0.1, 0.15) is 5.82 Å².